The molecule has 2 saturated heterocycles. The molecule has 2 fully saturated rings. The molecule has 0 spiro atoms. The summed E-state index contributed by atoms with van der Waals surface area (Å²) in [5, 5.41) is 2.95. The van der Waals surface area contributed by atoms with E-state index in [1.165, 1.54) is 0 Å². The first-order valence-electron chi connectivity index (χ1n) is 9.06. The second-order valence-corrected chi connectivity index (χ2v) is 7.28. The second-order valence-electron chi connectivity index (χ2n) is 7.28. The van der Waals surface area contributed by atoms with Crippen molar-refractivity contribution < 1.29 is 9.59 Å². The molecule has 2 rings (SSSR count). The minimum absolute atomic E-state index is 0.0368. The average molecular weight is 324 g/mol. The van der Waals surface area contributed by atoms with Gasteiger partial charge in [-0.3, -0.25) is 4.79 Å². The Hall–Kier alpha value is -1.30. The van der Waals surface area contributed by atoms with Crippen LogP contribution in [0.25, 0.3) is 0 Å². The van der Waals surface area contributed by atoms with Gasteiger partial charge < -0.3 is 20.9 Å². The monoisotopic (exact) mass is 324 g/mol. The summed E-state index contributed by atoms with van der Waals surface area (Å²) in [5.41, 5.74) is 5.84. The van der Waals surface area contributed by atoms with Crippen LogP contribution in [0.5, 0.6) is 0 Å². The summed E-state index contributed by atoms with van der Waals surface area (Å²) in [4.78, 5) is 28.9. The lowest BCUT2D eigenvalue weighted by atomic mass is 9.93. The van der Waals surface area contributed by atoms with Crippen LogP contribution in [-0.2, 0) is 4.79 Å². The number of hydrogen-bond donors (Lipinski definition) is 2. The summed E-state index contributed by atoms with van der Waals surface area (Å²) in [7, 11) is 0. The average Bonchev–Trinajstić information content (AvgIpc) is 2.59. The van der Waals surface area contributed by atoms with E-state index in [0.717, 1.165) is 45.2 Å². The molecule has 3 amide bonds. The fourth-order valence-corrected chi connectivity index (χ4v) is 3.54. The zero-order valence-corrected chi connectivity index (χ0v) is 14.6. The first-order chi connectivity index (χ1) is 11.0. The van der Waals surface area contributed by atoms with Crippen molar-refractivity contribution in [1.82, 2.24) is 15.1 Å². The number of carbonyl (C=O) groups excluding carboxylic acids is 2. The van der Waals surface area contributed by atoms with Gasteiger partial charge in [-0.25, -0.2) is 4.79 Å². The smallest absolute Gasteiger partial charge is 0.317 e. The number of likely N-dealkylation sites (tertiary alicyclic amines) is 2. The maximum Gasteiger partial charge on any atom is 0.317 e. The van der Waals surface area contributed by atoms with Gasteiger partial charge in [0.25, 0.3) is 0 Å². The number of carbonyl (C=O) groups is 2. The third kappa shape index (κ3) is 4.83. The Bertz CT molecular complexity index is 413. The van der Waals surface area contributed by atoms with E-state index in [0.29, 0.717) is 25.6 Å². The number of nitrogens with zero attached hydrogens (tertiary/aromatic N) is 2. The highest BCUT2D eigenvalue weighted by atomic mass is 16.2. The minimum Gasteiger partial charge on any atom is -0.338 e. The van der Waals surface area contributed by atoms with E-state index < -0.39 is 0 Å². The predicted molar refractivity (Wildman–Crippen MR) is 90.9 cm³/mol. The van der Waals surface area contributed by atoms with Crippen molar-refractivity contribution in [3.05, 3.63) is 0 Å². The molecule has 2 aliphatic rings. The van der Waals surface area contributed by atoms with Gasteiger partial charge >= 0.3 is 6.03 Å². The molecule has 2 heterocycles. The fraction of sp³-hybridized carbons (Fsp3) is 0.882. The molecule has 132 valence electrons. The van der Waals surface area contributed by atoms with Gasteiger partial charge in [-0.2, -0.15) is 0 Å². The van der Waals surface area contributed by atoms with Gasteiger partial charge in [-0.05, 0) is 38.0 Å². The lowest BCUT2D eigenvalue weighted by molar-refractivity contribution is -0.140. The van der Waals surface area contributed by atoms with Gasteiger partial charge in [0.1, 0.15) is 0 Å². The quantitative estimate of drug-likeness (QED) is 0.820. The molecule has 23 heavy (non-hydrogen) atoms. The number of nitrogens with one attached hydrogen (secondary N) is 1. The molecular formula is C17H32N4O2. The van der Waals surface area contributed by atoms with E-state index in [1.807, 2.05) is 4.90 Å². The molecule has 3 N–H and O–H groups in total. The van der Waals surface area contributed by atoms with Crippen molar-refractivity contribution >= 4 is 11.9 Å². The molecular weight excluding hydrogens is 292 g/mol. The molecule has 2 atom stereocenters. The molecule has 0 aliphatic carbocycles. The van der Waals surface area contributed by atoms with Gasteiger partial charge in [-0.15, -0.1) is 0 Å². The van der Waals surface area contributed by atoms with Crippen LogP contribution in [0.15, 0.2) is 0 Å². The lowest BCUT2D eigenvalue weighted by Crippen LogP contribution is -2.54. The molecule has 6 nitrogen and oxygen atoms in total. The molecule has 0 aromatic carbocycles. The maximum absolute atomic E-state index is 12.9. The summed E-state index contributed by atoms with van der Waals surface area (Å²) in [6.07, 6.45) is 4.99. The van der Waals surface area contributed by atoms with Gasteiger partial charge in [0.2, 0.25) is 5.91 Å². The van der Waals surface area contributed by atoms with Crippen molar-refractivity contribution in [2.45, 2.75) is 52.0 Å². The molecule has 0 aromatic heterocycles. The third-order valence-corrected chi connectivity index (χ3v) is 4.90. The molecule has 2 aliphatic heterocycles. The van der Waals surface area contributed by atoms with Gasteiger partial charge in [-0.1, -0.05) is 13.8 Å². The van der Waals surface area contributed by atoms with Crippen LogP contribution in [0.2, 0.25) is 0 Å². The summed E-state index contributed by atoms with van der Waals surface area (Å²) in [5.74, 6) is 0.557. The van der Waals surface area contributed by atoms with Crippen molar-refractivity contribution in [3.8, 4) is 0 Å². The van der Waals surface area contributed by atoms with E-state index in [-0.39, 0.29) is 23.9 Å². The van der Waals surface area contributed by atoms with Crippen LogP contribution >= 0.6 is 0 Å². The third-order valence-electron chi connectivity index (χ3n) is 4.90. The highest BCUT2D eigenvalue weighted by Crippen LogP contribution is 2.24. The fourth-order valence-electron chi connectivity index (χ4n) is 3.54. The number of nitrogens with two attached hydrogens (primary N) is 1. The summed E-state index contributed by atoms with van der Waals surface area (Å²) in [6, 6.07) is 0.145. The van der Waals surface area contributed by atoms with Crippen LogP contribution in [0.3, 0.4) is 0 Å². The molecule has 2 unspecified atom stereocenters. The van der Waals surface area contributed by atoms with E-state index in [9.17, 15) is 9.59 Å². The highest BCUT2D eigenvalue weighted by Gasteiger charge is 2.34. The van der Waals surface area contributed by atoms with Crippen molar-refractivity contribution in [2.75, 3.05) is 32.7 Å². The van der Waals surface area contributed by atoms with Crippen molar-refractivity contribution in [1.29, 1.82) is 0 Å². The normalized spacial score (nSPS) is 25.6. The number of rotatable bonds is 4. The Morgan fingerprint density at radius 1 is 1.17 bits per heavy atom. The summed E-state index contributed by atoms with van der Waals surface area (Å²) in [6.45, 7) is 7.46. The molecule has 0 radical (unpaired) electrons. The molecule has 0 aromatic rings. The standard InChI is InChI=1S/C17H32N4O2/c1-13(2)11-19-17(23)20-8-5-6-14(12-20)16(22)21-9-4-3-7-15(21)10-18/h13-15H,3-12,18H2,1-2H3,(H,19,23). The molecule has 6 heteroatoms. The zero-order chi connectivity index (χ0) is 16.8. The SMILES string of the molecule is CC(C)CNC(=O)N1CCCC(C(=O)N2CCCCC2CN)C1. The number of amides is 3. The van der Waals surface area contributed by atoms with Crippen molar-refractivity contribution in [2.24, 2.45) is 17.6 Å². The lowest BCUT2D eigenvalue weighted by Gasteiger charge is -2.40. The van der Waals surface area contributed by atoms with E-state index in [2.05, 4.69) is 19.2 Å². The van der Waals surface area contributed by atoms with E-state index >= 15 is 0 Å². The Morgan fingerprint density at radius 3 is 2.65 bits per heavy atom. The van der Waals surface area contributed by atoms with Crippen LogP contribution in [-0.4, -0.2) is 60.5 Å². The van der Waals surface area contributed by atoms with E-state index in [4.69, 9.17) is 5.73 Å². The van der Waals surface area contributed by atoms with Crippen LogP contribution in [0.1, 0.15) is 46.0 Å². The highest BCUT2D eigenvalue weighted by molar-refractivity contribution is 5.81. The zero-order valence-electron chi connectivity index (χ0n) is 14.6. The number of hydrogen-bond acceptors (Lipinski definition) is 3. The number of piperidine rings is 2. The van der Waals surface area contributed by atoms with Crippen LogP contribution < -0.4 is 11.1 Å². The first kappa shape index (κ1) is 18.0. The van der Waals surface area contributed by atoms with Gasteiger partial charge in [0, 0.05) is 38.8 Å². The summed E-state index contributed by atoms with van der Waals surface area (Å²) < 4.78 is 0. The topological polar surface area (TPSA) is 78.7 Å². The predicted octanol–water partition coefficient (Wildman–Crippen LogP) is 1.40. The maximum atomic E-state index is 12.9. The first-order valence-corrected chi connectivity index (χ1v) is 9.06. The Morgan fingerprint density at radius 2 is 1.96 bits per heavy atom. The van der Waals surface area contributed by atoms with Gasteiger partial charge in [0.05, 0.1) is 5.92 Å². The Kier molecular flexibility index (Phi) is 6.69. The Balaban J connectivity index is 1.91. The second kappa shape index (κ2) is 8.52. The van der Waals surface area contributed by atoms with E-state index in [1.54, 1.807) is 4.90 Å². The van der Waals surface area contributed by atoms with Crippen LogP contribution in [0, 0.1) is 11.8 Å². The largest absolute Gasteiger partial charge is 0.338 e. The van der Waals surface area contributed by atoms with Crippen LogP contribution in [0.4, 0.5) is 4.79 Å². The van der Waals surface area contributed by atoms with Crippen molar-refractivity contribution in [3.63, 3.8) is 0 Å². The Labute approximate surface area is 139 Å². The molecule has 0 bridgehead atoms. The number of urea groups is 1. The summed E-state index contributed by atoms with van der Waals surface area (Å²) >= 11 is 0. The van der Waals surface area contributed by atoms with Gasteiger partial charge in [0.15, 0.2) is 0 Å². The minimum atomic E-state index is -0.0688. The molecule has 0 saturated carbocycles.